The second-order valence-electron chi connectivity index (χ2n) is 13.9. The number of amides is 1. The third kappa shape index (κ3) is 4.82. The van der Waals surface area contributed by atoms with Gasteiger partial charge in [0.1, 0.15) is 0 Å². The van der Waals surface area contributed by atoms with Crippen molar-refractivity contribution < 1.29 is 13.7 Å². The SMILES string of the molecule is CN1CCC(C(=O)N(CC23CCC(c4nc(C5CC5)no4)(CC2)CC3)c2cccc(-c3cnc(C4CC4)o3)c2)CC1. The number of piperidine rings is 1. The van der Waals surface area contributed by atoms with Gasteiger partial charge in [0.15, 0.2) is 17.5 Å². The lowest BCUT2D eigenvalue weighted by Crippen LogP contribution is -2.52. The van der Waals surface area contributed by atoms with Crippen LogP contribution in [0.15, 0.2) is 39.4 Å². The van der Waals surface area contributed by atoms with E-state index in [4.69, 9.17) is 13.9 Å². The molecule has 0 unspecified atom stereocenters. The van der Waals surface area contributed by atoms with Crippen LogP contribution in [0, 0.1) is 11.3 Å². The lowest BCUT2D eigenvalue weighted by atomic mass is 9.53. The molecule has 3 aromatic rings. The first-order valence-corrected chi connectivity index (χ1v) is 15.9. The molecule has 41 heavy (non-hydrogen) atoms. The number of hydrogen-bond acceptors (Lipinski definition) is 7. The Morgan fingerprint density at radius 3 is 2.44 bits per heavy atom. The van der Waals surface area contributed by atoms with Gasteiger partial charge >= 0.3 is 0 Å². The van der Waals surface area contributed by atoms with Crippen molar-refractivity contribution >= 4 is 11.6 Å². The molecule has 6 fully saturated rings. The minimum atomic E-state index is 0.0240. The number of carbonyl (C=O) groups excluding carboxylic acids is 1. The van der Waals surface area contributed by atoms with Crippen molar-refractivity contribution in [3.05, 3.63) is 48.1 Å². The minimum Gasteiger partial charge on any atom is -0.440 e. The largest absolute Gasteiger partial charge is 0.440 e. The van der Waals surface area contributed by atoms with E-state index in [1.165, 1.54) is 12.8 Å². The topological polar surface area (TPSA) is 88.5 Å². The van der Waals surface area contributed by atoms with Gasteiger partial charge in [0.05, 0.1) is 6.20 Å². The third-order valence-electron chi connectivity index (χ3n) is 11.0. The maximum absolute atomic E-state index is 14.3. The highest BCUT2D eigenvalue weighted by molar-refractivity contribution is 5.95. The summed E-state index contributed by atoms with van der Waals surface area (Å²) in [6.07, 6.45) is 14.9. The van der Waals surface area contributed by atoms with Gasteiger partial charge in [-0.25, -0.2) is 4.98 Å². The predicted octanol–water partition coefficient (Wildman–Crippen LogP) is 6.45. The van der Waals surface area contributed by atoms with E-state index in [0.717, 1.165) is 118 Å². The van der Waals surface area contributed by atoms with E-state index in [9.17, 15) is 4.79 Å². The Morgan fingerprint density at radius 2 is 1.73 bits per heavy atom. The second-order valence-corrected chi connectivity index (χ2v) is 13.9. The Bertz CT molecular complexity index is 1400. The van der Waals surface area contributed by atoms with Crippen molar-refractivity contribution in [3.8, 4) is 11.3 Å². The van der Waals surface area contributed by atoms with E-state index in [0.29, 0.717) is 11.8 Å². The molecule has 2 bridgehead atoms. The maximum atomic E-state index is 14.3. The van der Waals surface area contributed by atoms with Gasteiger partial charge in [0.25, 0.3) is 0 Å². The summed E-state index contributed by atoms with van der Waals surface area (Å²) in [6, 6.07) is 8.40. The lowest BCUT2D eigenvalue weighted by Gasteiger charge is -2.53. The third-order valence-corrected chi connectivity index (χ3v) is 11.0. The molecule has 1 saturated heterocycles. The van der Waals surface area contributed by atoms with E-state index < -0.39 is 0 Å². The molecule has 9 rings (SSSR count). The first kappa shape index (κ1) is 25.7. The molecule has 5 saturated carbocycles. The molecule has 0 spiro atoms. The van der Waals surface area contributed by atoms with Crippen LogP contribution in [0.2, 0.25) is 0 Å². The zero-order chi connectivity index (χ0) is 27.6. The van der Waals surface area contributed by atoms with Crippen LogP contribution in [0.5, 0.6) is 0 Å². The van der Waals surface area contributed by atoms with E-state index in [1.54, 1.807) is 0 Å². The molecule has 6 aliphatic rings. The standard InChI is InChI=1S/C33H41N5O3/c1-37-17-9-24(10-18-37)30(39)38(26-4-2-3-25(19-26)27-20-34-29(40-27)23-7-8-23)21-32-11-14-33(15-12-32,16-13-32)31-35-28(36-41-31)22-5-6-22/h2-4,19-20,22-24H,5-18,21H2,1H3. The van der Waals surface area contributed by atoms with Gasteiger partial charge in [-0.15, -0.1) is 0 Å². The number of nitrogens with zero attached hydrogens (tertiary/aromatic N) is 5. The van der Waals surface area contributed by atoms with Crippen LogP contribution in [0.4, 0.5) is 5.69 Å². The quantitative estimate of drug-likeness (QED) is 0.316. The molecule has 0 radical (unpaired) electrons. The first-order valence-electron chi connectivity index (χ1n) is 15.9. The first-order chi connectivity index (χ1) is 20.0. The molecule has 1 aliphatic heterocycles. The number of oxazole rings is 1. The summed E-state index contributed by atoms with van der Waals surface area (Å²) in [5.74, 6) is 4.79. The fourth-order valence-corrected chi connectivity index (χ4v) is 7.65. The zero-order valence-corrected chi connectivity index (χ0v) is 24.2. The molecule has 2 aromatic heterocycles. The Morgan fingerprint density at radius 1 is 1.00 bits per heavy atom. The number of likely N-dealkylation sites (tertiary alicyclic amines) is 1. The summed E-state index contributed by atoms with van der Waals surface area (Å²) in [5, 5.41) is 4.34. The van der Waals surface area contributed by atoms with Gasteiger partial charge in [-0.2, -0.15) is 4.98 Å². The fourth-order valence-electron chi connectivity index (χ4n) is 7.65. The van der Waals surface area contributed by atoms with Crippen LogP contribution in [0.1, 0.15) is 106 Å². The van der Waals surface area contributed by atoms with Crippen LogP contribution in [0.3, 0.4) is 0 Å². The summed E-state index contributed by atoms with van der Waals surface area (Å²) in [5.41, 5.74) is 2.13. The molecule has 1 aromatic carbocycles. The van der Waals surface area contributed by atoms with Crippen LogP contribution in [0.25, 0.3) is 11.3 Å². The molecule has 0 N–H and O–H groups in total. The van der Waals surface area contributed by atoms with Gasteiger partial charge in [0.2, 0.25) is 11.8 Å². The molecular weight excluding hydrogens is 514 g/mol. The van der Waals surface area contributed by atoms with Crippen LogP contribution in [-0.4, -0.2) is 52.6 Å². The highest BCUT2D eigenvalue weighted by Crippen LogP contribution is 2.58. The number of aromatic nitrogens is 3. The zero-order valence-electron chi connectivity index (χ0n) is 24.2. The van der Waals surface area contributed by atoms with Crippen molar-refractivity contribution in [1.82, 2.24) is 20.0 Å². The van der Waals surface area contributed by atoms with Crippen molar-refractivity contribution in [2.75, 3.05) is 31.6 Å². The normalized spacial score (nSPS) is 28.7. The Kier molecular flexibility index (Phi) is 6.13. The lowest BCUT2D eigenvalue weighted by molar-refractivity contribution is -0.124. The minimum absolute atomic E-state index is 0.0240. The smallest absolute Gasteiger partial charge is 0.232 e. The van der Waals surface area contributed by atoms with Crippen LogP contribution in [-0.2, 0) is 10.2 Å². The summed E-state index contributed by atoms with van der Waals surface area (Å²) in [7, 11) is 2.15. The van der Waals surface area contributed by atoms with Gasteiger partial charge in [0, 0.05) is 41.0 Å². The summed E-state index contributed by atoms with van der Waals surface area (Å²) >= 11 is 0. The van der Waals surface area contributed by atoms with Crippen molar-refractivity contribution in [1.29, 1.82) is 0 Å². The number of hydrogen-bond donors (Lipinski definition) is 0. The average molecular weight is 556 g/mol. The molecule has 1 amide bonds. The van der Waals surface area contributed by atoms with Gasteiger partial charge in [-0.1, -0.05) is 17.3 Å². The van der Waals surface area contributed by atoms with Crippen molar-refractivity contribution in [3.63, 3.8) is 0 Å². The van der Waals surface area contributed by atoms with Crippen LogP contribution >= 0.6 is 0 Å². The summed E-state index contributed by atoms with van der Waals surface area (Å²) in [4.78, 5) is 28.2. The Balaban J connectivity index is 1.05. The molecule has 8 nitrogen and oxygen atoms in total. The molecule has 8 heteroatoms. The highest BCUT2D eigenvalue weighted by Gasteiger charge is 2.53. The molecular formula is C33H41N5O3. The van der Waals surface area contributed by atoms with Gasteiger partial charge < -0.3 is 18.7 Å². The number of rotatable bonds is 8. The summed E-state index contributed by atoms with van der Waals surface area (Å²) < 4.78 is 12.0. The Hall–Kier alpha value is -3.00. The van der Waals surface area contributed by atoms with Crippen molar-refractivity contribution in [2.24, 2.45) is 11.3 Å². The van der Waals surface area contributed by atoms with E-state index >= 15 is 0 Å². The maximum Gasteiger partial charge on any atom is 0.232 e. The van der Waals surface area contributed by atoms with Gasteiger partial charge in [-0.3, -0.25) is 4.79 Å². The molecule has 5 aliphatic carbocycles. The molecule has 0 atom stereocenters. The summed E-state index contributed by atoms with van der Waals surface area (Å²) in [6.45, 7) is 2.73. The number of benzene rings is 1. The second kappa shape index (κ2) is 9.79. The predicted molar refractivity (Wildman–Crippen MR) is 155 cm³/mol. The van der Waals surface area contributed by atoms with E-state index in [1.807, 2.05) is 6.20 Å². The Labute approximate surface area is 241 Å². The fraction of sp³-hybridized carbons (Fsp3) is 0.636. The van der Waals surface area contributed by atoms with Crippen molar-refractivity contribution in [2.45, 2.75) is 94.3 Å². The highest BCUT2D eigenvalue weighted by atomic mass is 16.5. The average Bonchev–Trinajstić information content (AvgIpc) is 3.95. The van der Waals surface area contributed by atoms with Gasteiger partial charge in [-0.05, 0) is 115 Å². The number of fused-ring (bicyclic) bond motifs is 3. The molecule has 216 valence electrons. The number of anilines is 1. The molecule has 3 heterocycles. The van der Waals surface area contributed by atoms with E-state index in [-0.39, 0.29) is 22.7 Å². The monoisotopic (exact) mass is 555 g/mol. The van der Waals surface area contributed by atoms with E-state index in [2.05, 4.69) is 51.3 Å². The number of carbonyl (C=O) groups is 1. The van der Waals surface area contributed by atoms with Crippen LogP contribution < -0.4 is 4.90 Å².